The van der Waals surface area contributed by atoms with Crippen molar-refractivity contribution in [1.82, 2.24) is 15.0 Å². The van der Waals surface area contributed by atoms with Gasteiger partial charge in [-0.1, -0.05) is 46.2 Å². The predicted octanol–water partition coefficient (Wildman–Crippen LogP) is 4.64. The van der Waals surface area contributed by atoms with E-state index in [1.807, 2.05) is 20.8 Å². The summed E-state index contributed by atoms with van der Waals surface area (Å²) in [7, 11) is 0. The fraction of sp³-hybridized carbons (Fsp3) is 0.350. The molecule has 3 aromatic rings. The van der Waals surface area contributed by atoms with Crippen LogP contribution in [0.5, 0.6) is 11.5 Å². The van der Waals surface area contributed by atoms with Gasteiger partial charge in [0.15, 0.2) is 0 Å². The van der Waals surface area contributed by atoms with Gasteiger partial charge >= 0.3 is 5.97 Å². The number of benzene rings is 2. The average molecular weight is 388 g/mol. The topological polar surface area (TPSA) is 77.2 Å². The Labute approximate surface area is 162 Å². The molecule has 27 heavy (non-hydrogen) atoms. The van der Waals surface area contributed by atoms with Gasteiger partial charge in [-0.25, -0.2) is 0 Å². The number of phenolic OH excluding ortho intramolecular Hbond substituents is 1. The Morgan fingerprint density at radius 3 is 2.44 bits per heavy atom. The molecule has 0 radical (unpaired) electrons. The third-order valence-corrected chi connectivity index (χ3v) is 4.35. The van der Waals surface area contributed by atoms with Gasteiger partial charge in [0.2, 0.25) is 0 Å². The number of rotatable bonds is 3. The molecule has 0 saturated carbocycles. The van der Waals surface area contributed by atoms with Crippen molar-refractivity contribution < 1.29 is 14.6 Å². The summed E-state index contributed by atoms with van der Waals surface area (Å²) in [6.07, 6.45) is 0. The Morgan fingerprint density at radius 2 is 1.81 bits per heavy atom. The summed E-state index contributed by atoms with van der Waals surface area (Å²) >= 11 is 6.02. The zero-order valence-electron chi connectivity index (χ0n) is 15.9. The van der Waals surface area contributed by atoms with Crippen molar-refractivity contribution >= 4 is 28.6 Å². The largest absolute Gasteiger partial charge is 0.505 e. The third-order valence-electron chi connectivity index (χ3n) is 4.12. The van der Waals surface area contributed by atoms with Crippen molar-refractivity contribution in [1.29, 1.82) is 0 Å². The van der Waals surface area contributed by atoms with Gasteiger partial charge in [-0.3, -0.25) is 4.79 Å². The van der Waals surface area contributed by atoms with Gasteiger partial charge < -0.3 is 9.84 Å². The maximum atomic E-state index is 12.0. The average Bonchev–Trinajstić information content (AvgIpc) is 2.97. The number of nitrogens with zero attached hydrogens (tertiary/aromatic N) is 3. The number of hydrogen-bond acceptors (Lipinski definition) is 5. The van der Waals surface area contributed by atoms with Gasteiger partial charge in [0, 0.05) is 16.7 Å². The number of ether oxygens (including phenoxy) is 1. The zero-order valence-corrected chi connectivity index (χ0v) is 16.7. The fourth-order valence-corrected chi connectivity index (χ4v) is 2.77. The van der Waals surface area contributed by atoms with E-state index in [0.29, 0.717) is 33.1 Å². The summed E-state index contributed by atoms with van der Waals surface area (Å²) in [4.78, 5) is 13.4. The first-order chi connectivity index (χ1) is 12.6. The van der Waals surface area contributed by atoms with Crippen molar-refractivity contribution in [2.45, 2.75) is 40.0 Å². The summed E-state index contributed by atoms with van der Waals surface area (Å²) in [5, 5.41) is 20.2. The van der Waals surface area contributed by atoms with Crippen LogP contribution in [-0.4, -0.2) is 26.1 Å². The van der Waals surface area contributed by atoms with Crippen molar-refractivity contribution in [3.63, 3.8) is 0 Å². The Morgan fingerprint density at radius 1 is 1.15 bits per heavy atom. The molecule has 1 N–H and O–H groups in total. The smallest absolute Gasteiger partial charge is 0.313 e. The highest BCUT2D eigenvalue weighted by Crippen LogP contribution is 2.38. The molecule has 0 spiro atoms. The number of fused-ring (bicyclic) bond motifs is 1. The van der Waals surface area contributed by atoms with E-state index >= 15 is 0 Å². The van der Waals surface area contributed by atoms with E-state index in [4.69, 9.17) is 16.3 Å². The van der Waals surface area contributed by atoms with E-state index in [-0.39, 0.29) is 23.1 Å². The van der Waals surface area contributed by atoms with E-state index in [0.717, 1.165) is 0 Å². The number of carbonyl (C=O) groups is 1. The molecule has 7 heteroatoms. The monoisotopic (exact) mass is 387 g/mol. The van der Waals surface area contributed by atoms with E-state index in [9.17, 15) is 9.90 Å². The molecule has 1 heterocycles. The molecule has 0 fully saturated rings. The van der Waals surface area contributed by atoms with Crippen LogP contribution >= 0.6 is 11.6 Å². The fourth-order valence-electron chi connectivity index (χ4n) is 2.61. The van der Waals surface area contributed by atoms with Crippen molar-refractivity contribution in [3.8, 4) is 17.2 Å². The van der Waals surface area contributed by atoms with Gasteiger partial charge in [-0.15, -0.1) is 15.0 Å². The van der Waals surface area contributed by atoms with Crippen LogP contribution in [0.25, 0.3) is 16.7 Å². The Hall–Kier alpha value is -2.60. The van der Waals surface area contributed by atoms with Crippen LogP contribution in [0.3, 0.4) is 0 Å². The molecular weight excluding hydrogens is 366 g/mol. The molecule has 0 amide bonds. The number of esters is 1. The number of halogens is 1. The summed E-state index contributed by atoms with van der Waals surface area (Å²) < 4.78 is 5.48. The van der Waals surface area contributed by atoms with Crippen LogP contribution < -0.4 is 4.74 Å². The van der Waals surface area contributed by atoms with Gasteiger partial charge in [0.05, 0.1) is 5.92 Å². The number of aromatic nitrogens is 3. The second-order valence-corrected chi connectivity index (χ2v) is 8.22. The molecule has 0 aliphatic heterocycles. The summed E-state index contributed by atoms with van der Waals surface area (Å²) in [6, 6.07) is 8.42. The molecule has 2 aromatic carbocycles. The normalized spacial score (nSPS) is 12.0. The lowest BCUT2D eigenvalue weighted by molar-refractivity contribution is -0.137. The van der Waals surface area contributed by atoms with Crippen LogP contribution in [0, 0.1) is 5.92 Å². The number of phenols is 1. The number of aromatic hydroxyl groups is 1. The van der Waals surface area contributed by atoms with Crippen molar-refractivity contribution in [2.24, 2.45) is 5.92 Å². The van der Waals surface area contributed by atoms with E-state index in [1.54, 1.807) is 44.2 Å². The lowest BCUT2D eigenvalue weighted by Crippen LogP contribution is -2.17. The second-order valence-electron chi connectivity index (χ2n) is 7.79. The highest BCUT2D eigenvalue weighted by Gasteiger charge is 2.24. The van der Waals surface area contributed by atoms with Gasteiger partial charge in [-0.2, -0.15) is 0 Å². The van der Waals surface area contributed by atoms with E-state index in [2.05, 4.69) is 10.2 Å². The highest BCUT2D eigenvalue weighted by atomic mass is 35.5. The minimum Gasteiger partial charge on any atom is -0.505 e. The Balaban J connectivity index is 2.18. The number of carbonyl (C=O) groups excluding carboxylic acids is 1. The molecule has 0 atom stereocenters. The zero-order chi connectivity index (χ0) is 19.9. The van der Waals surface area contributed by atoms with Crippen LogP contribution in [0.4, 0.5) is 0 Å². The molecule has 1 aromatic heterocycles. The maximum absolute atomic E-state index is 12.0. The molecule has 142 valence electrons. The lowest BCUT2D eigenvalue weighted by Gasteiger charge is -2.23. The molecule has 0 bridgehead atoms. The number of hydrogen-bond donors (Lipinski definition) is 1. The van der Waals surface area contributed by atoms with Crippen LogP contribution in [-0.2, 0) is 10.2 Å². The summed E-state index contributed by atoms with van der Waals surface area (Å²) in [5.41, 5.74) is 1.83. The molecule has 0 aliphatic rings. The standard InChI is InChI=1S/C20H22ClN3O3/c1-11(2)19(26)27-13-9-14(20(3,4)5)18(25)17(10-13)24-22-15-7-6-12(21)8-16(15)23-24/h6-11,25H,1-5H3. The van der Waals surface area contributed by atoms with Crippen molar-refractivity contribution in [2.75, 3.05) is 0 Å². The molecule has 0 aliphatic carbocycles. The molecular formula is C20H22ClN3O3. The summed E-state index contributed by atoms with van der Waals surface area (Å²) in [5.74, 6) is -0.242. The molecule has 0 unspecified atom stereocenters. The summed E-state index contributed by atoms with van der Waals surface area (Å²) in [6.45, 7) is 9.42. The van der Waals surface area contributed by atoms with E-state index < -0.39 is 0 Å². The SMILES string of the molecule is CC(C)C(=O)Oc1cc(-n2nc3ccc(Cl)cc3n2)c(O)c(C(C)(C)C)c1. The molecule has 3 rings (SSSR count). The predicted molar refractivity (Wildman–Crippen MR) is 105 cm³/mol. The Bertz CT molecular complexity index is 1020. The first kappa shape index (κ1) is 19.2. The van der Waals surface area contributed by atoms with E-state index in [1.165, 1.54) is 4.80 Å². The van der Waals surface area contributed by atoms with Gasteiger partial charge in [-0.05, 0) is 29.7 Å². The maximum Gasteiger partial charge on any atom is 0.313 e. The second kappa shape index (κ2) is 6.85. The first-order valence-electron chi connectivity index (χ1n) is 8.68. The van der Waals surface area contributed by atoms with Crippen LogP contribution in [0.15, 0.2) is 30.3 Å². The first-order valence-corrected chi connectivity index (χ1v) is 9.06. The van der Waals surface area contributed by atoms with Gasteiger partial charge in [0.25, 0.3) is 0 Å². The lowest BCUT2D eigenvalue weighted by atomic mass is 9.86. The van der Waals surface area contributed by atoms with Gasteiger partial charge in [0.1, 0.15) is 28.2 Å². The quantitative estimate of drug-likeness (QED) is 0.523. The minimum atomic E-state index is -0.380. The third kappa shape index (κ3) is 3.90. The Kier molecular flexibility index (Phi) is 4.86. The van der Waals surface area contributed by atoms with Crippen molar-refractivity contribution in [3.05, 3.63) is 40.9 Å². The molecule has 6 nitrogen and oxygen atoms in total. The van der Waals surface area contributed by atoms with Crippen LogP contribution in [0.2, 0.25) is 5.02 Å². The minimum absolute atomic E-state index is 0.0400. The van der Waals surface area contributed by atoms with Crippen LogP contribution in [0.1, 0.15) is 40.2 Å². The highest BCUT2D eigenvalue weighted by molar-refractivity contribution is 6.31. The molecule has 0 saturated heterocycles.